The van der Waals surface area contributed by atoms with E-state index in [0.29, 0.717) is 5.92 Å². The Morgan fingerprint density at radius 3 is 0.892 bits per heavy atom. The van der Waals surface area contributed by atoms with Gasteiger partial charge in [-0.15, -0.1) is 0 Å². The molecule has 6 aromatic rings. The van der Waals surface area contributed by atoms with Crippen LogP contribution in [0, 0.1) is 0 Å². The number of alkyl halides is 24. The number of nitrogens with zero attached hydrogens (tertiary/aromatic N) is 2. The van der Waals surface area contributed by atoms with Crippen molar-refractivity contribution in [3.05, 3.63) is 177 Å². The fraction of sp³-hybridized carbons (Fsp3) is 0.277. The normalized spacial score (nSPS) is 13.9. The average molecular weight is 1090 g/mol. The molecule has 0 aliphatic rings. The lowest BCUT2D eigenvalue weighted by Crippen LogP contribution is -2.75. The minimum Gasteiger partial charge on any atom is -0.249 e. The van der Waals surface area contributed by atoms with Gasteiger partial charge in [-0.1, -0.05) is 92.7 Å². The van der Waals surface area contributed by atoms with Crippen LogP contribution in [0.3, 0.4) is 0 Å². The van der Waals surface area contributed by atoms with Gasteiger partial charge in [0.1, 0.15) is 11.8 Å². The SMILES string of the molecule is CCC(C)c1c[n+](Cc2ccccc2)ccn1.FC(F)(F)c1cc([B-](c2cc(C(F)(F)F)cc(C(F)(F)F)c2)(c2cc(C(F)(F)F)cc(C(F)(F)F)c2)c2cc(C(F)(F)F)cc(C(F)(F)F)c2)cc(C(F)(F)F)c1. The molecule has 0 N–H and O–H groups in total. The average Bonchev–Trinajstić information content (AvgIpc) is 3.27. The molecule has 0 fully saturated rings. The fourth-order valence-electron chi connectivity index (χ4n) is 7.88. The number of benzene rings is 5. The van der Waals surface area contributed by atoms with E-state index in [9.17, 15) is 105 Å². The number of halogens is 24. The summed E-state index contributed by atoms with van der Waals surface area (Å²) >= 11 is 0. The van der Waals surface area contributed by atoms with Crippen molar-refractivity contribution in [2.24, 2.45) is 0 Å². The van der Waals surface area contributed by atoms with Gasteiger partial charge >= 0.3 is 49.4 Å². The Labute approximate surface area is 402 Å². The van der Waals surface area contributed by atoms with Crippen LogP contribution in [0.2, 0.25) is 0 Å². The summed E-state index contributed by atoms with van der Waals surface area (Å²) in [7, 11) is 0. The third kappa shape index (κ3) is 13.6. The Hall–Kier alpha value is -6.44. The molecule has 0 amide bonds. The minimum atomic E-state index is -6.13. The summed E-state index contributed by atoms with van der Waals surface area (Å²) in [5.41, 5.74) is -27.7. The summed E-state index contributed by atoms with van der Waals surface area (Å²) < 4.78 is 343. The largest absolute Gasteiger partial charge is 0.416 e. The lowest BCUT2D eigenvalue weighted by molar-refractivity contribution is -0.689. The van der Waals surface area contributed by atoms with Crippen LogP contribution in [0.25, 0.3) is 0 Å². The van der Waals surface area contributed by atoms with Gasteiger partial charge in [-0.3, -0.25) is 0 Å². The molecule has 0 radical (unpaired) electrons. The van der Waals surface area contributed by atoms with E-state index in [1.54, 1.807) is 0 Å². The Morgan fingerprint density at radius 1 is 0.405 bits per heavy atom. The molecule has 0 saturated carbocycles. The van der Waals surface area contributed by atoms with Crippen LogP contribution in [-0.4, -0.2) is 11.1 Å². The first-order valence-electron chi connectivity index (χ1n) is 20.8. The maximum atomic E-state index is 14.2. The van der Waals surface area contributed by atoms with E-state index in [1.807, 2.05) is 18.5 Å². The van der Waals surface area contributed by atoms with E-state index >= 15 is 0 Å². The Bertz CT molecular complexity index is 2490. The lowest BCUT2D eigenvalue weighted by atomic mass is 9.12. The predicted molar refractivity (Wildman–Crippen MR) is 219 cm³/mol. The molecule has 1 heterocycles. The second-order valence-corrected chi connectivity index (χ2v) is 16.7. The van der Waals surface area contributed by atoms with Gasteiger partial charge in [0, 0.05) is 11.5 Å². The molecule has 27 heteroatoms. The molecule has 0 saturated heterocycles. The zero-order valence-electron chi connectivity index (χ0n) is 37.1. The van der Waals surface area contributed by atoms with Crippen molar-refractivity contribution in [2.45, 2.75) is 82.1 Å². The van der Waals surface area contributed by atoms with Crippen molar-refractivity contribution in [3.8, 4) is 0 Å². The zero-order valence-corrected chi connectivity index (χ0v) is 37.1. The smallest absolute Gasteiger partial charge is 0.249 e. The summed E-state index contributed by atoms with van der Waals surface area (Å²) in [5.74, 6) is 0.526. The van der Waals surface area contributed by atoms with Crippen LogP contribution in [0.15, 0.2) is 122 Å². The van der Waals surface area contributed by atoms with E-state index < -0.39 is 195 Å². The Morgan fingerprint density at radius 2 is 0.662 bits per heavy atom. The molecule has 74 heavy (non-hydrogen) atoms. The van der Waals surface area contributed by atoms with Gasteiger partial charge in [-0.05, 0) is 30.7 Å². The molecule has 0 aliphatic carbocycles. The third-order valence-corrected chi connectivity index (χ3v) is 11.5. The van der Waals surface area contributed by atoms with Gasteiger partial charge in [-0.2, -0.15) is 132 Å². The molecule has 0 aliphatic heterocycles. The molecule has 400 valence electrons. The summed E-state index contributed by atoms with van der Waals surface area (Å²) in [6.07, 6.45) is -47.6. The lowest BCUT2D eigenvalue weighted by Gasteiger charge is -2.46. The Balaban J connectivity index is 0.000000500. The maximum Gasteiger partial charge on any atom is 0.416 e. The molecule has 0 spiro atoms. The van der Waals surface area contributed by atoms with Gasteiger partial charge < -0.3 is 0 Å². The van der Waals surface area contributed by atoms with Crippen molar-refractivity contribution in [1.82, 2.24) is 4.98 Å². The van der Waals surface area contributed by atoms with E-state index in [-0.39, 0.29) is 0 Å². The van der Waals surface area contributed by atoms with Crippen molar-refractivity contribution in [3.63, 3.8) is 0 Å². The zero-order chi connectivity index (χ0) is 56.0. The molecule has 1 unspecified atom stereocenters. The van der Waals surface area contributed by atoms with Crippen LogP contribution in [0.4, 0.5) is 105 Å². The third-order valence-electron chi connectivity index (χ3n) is 11.5. The Kier molecular flexibility index (Phi) is 16.1. The summed E-state index contributed by atoms with van der Waals surface area (Å²) in [4.78, 5) is 4.43. The molecule has 0 bridgehead atoms. The number of rotatable bonds is 8. The van der Waals surface area contributed by atoms with Crippen molar-refractivity contribution < 1.29 is 110 Å². The first-order valence-corrected chi connectivity index (χ1v) is 20.8. The van der Waals surface area contributed by atoms with Crippen LogP contribution in [0.5, 0.6) is 0 Å². The fourth-order valence-corrected chi connectivity index (χ4v) is 7.88. The second-order valence-electron chi connectivity index (χ2n) is 16.7. The molecular weight excluding hydrogens is 1060 g/mol. The second kappa shape index (κ2) is 20.4. The number of aromatic nitrogens is 2. The van der Waals surface area contributed by atoms with Gasteiger partial charge in [-0.25, -0.2) is 4.98 Å². The predicted octanol–water partition coefficient (Wildman–Crippen LogP) is 14.1. The molecule has 1 aromatic heterocycles. The maximum absolute atomic E-state index is 14.2. The van der Waals surface area contributed by atoms with Gasteiger partial charge in [0.2, 0.25) is 0 Å². The highest BCUT2D eigenvalue weighted by atomic mass is 19.4. The summed E-state index contributed by atoms with van der Waals surface area (Å²) in [6, 6.07) is 1.69. The standard InChI is InChI=1S/C32H12BF24.C15H19N2/c34-25(35,36)13-1-14(26(37,38)39)6-21(5-13)33(22-7-15(27(40,41)42)2-16(8-22)28(43,44)45,23-9-17(29(46,47)48)3-18(10-23)30(49,50)51)24-11-19(31(52,53)54)4-20(12-24)32(55,56)57;1-3-13(2)15-12-17(10-9-16-15)11-14-7-5-4-6-8-14/h1-12H;4-10,12-13H,3,11H2,1-2H3/q-1;+1. The summed E-state index contributed by atoms with van der Waals surface area (Å²) in [5, 5.41) is 0. The van der Waals surface area contributed by atoms with Gasteiger partial charge in [0.15, 0.2) is 18.9 Å². The topological polar surface area (TPSA) is 16.8 Å². The highest BCUT2D eigenvalue weighted by Crippen LogP contribution is 2.41. The highest BCUT2D eigenvalue weighted by molar-refractivity contribution is 7.20. The molecule has 2 nitrogen and oxygen atoms in total. The van der Waals surface area contributed by atoms with E-state index in [2.05, 4.69) is 53.9 Å². The molecule has 1 atom stereocenters. The summed E-state index contributed by atoms with van der Waals surface area (Å²) in [6.45, 7) is 5.32. The number of hydrogen-bond acceptors (Lipinski definition) is 1. The van der Waals surface area contributed by atoms with E-state index in [1.165, 1.54) is 11.3 Å². The van der Waals surface area contributed by atoms with Crippen LogP contribution in [-0.2, 0) is 56.0 Å². The van der Waals surface area contributed by atoms with E-state index in [0.717, 1.165) is 13.0 Å². The quantitative estimate of drug-likeness (QED) is 0.0843. The first kappa shape index (κ1) is 58.5. The molecule has 6 rings (SSSR count). The molecule has 5 aromatic carbocycles. The first-order chi connectivity index (χ1) is 33.6. The highest BCUT2D eigenvalue weighted by Gasteiger charge is 2.47. The number of hydrogen-bond donors (Lipinski definition) is 0. The van der Waals surface area contributed by atoms with Crippen molar-refractivity contribution >= 4 is 28.0 Å². The van der Waals surface area contributed by atoms with Crippen molar-refractivity contribution in [2.75, 3.05) is 0 Å². The van der Waals surface area contributed by atoms with Gasteiger partial charge in [0.05, 0.1) is 50.7 Å². The van der Waals surface area contributed by atoms with Crippen LogP contribution >= 0.6 is 0 Å². The molecular formula is C47H31BF24N2. The van der Waals surface area contributed by atoms with Crippen molar-refractivity contribution in [1.29, 1.82) is 0 Å². The van der Waals surface area contributed by atoms with E-state index in [4.69, 9.17) is 0 Å². The van der Waals surface area contributed by atoms with Crippen LogP contribution in [0.1, 0.15) is 82.0 Å². The minimum absolute atomic E-state index is 0.526. The van der Waals surface area contributed by atoms with Crippen LogP contribution < -0.4 is 26.4 Å². The van der Waals surface area contributed by atoms with Gasteiger partial charge in [0.25, 0.3) is 0 Å². The monoisotopic (exact) mass is 1090 g/mol.